The van der Waals surface area contributed by atoms with Crippen LogP contribution in [0.15, 0.2) is 0 Å². The molecule has 0 aromatic rings. The second-order valence-electron chi connectivity index (χ2n) is 4.60. The third-order valence-electron chi connectivity index (χ3n) is 3.08. The molecule has 0 radical (unpaired) electrons. The second-order valence-corrected chi connectivity index (χ2v) is 4.60. The average Bonchev–Trinajstić information content (AvgIpc) is 2.53. The van der Waals surface area contributed by atoms with E-state index in [1.165, 1.54) is 25.7 Å². The van der Waals surface area contributed by atoms with Gasteiger partial charge in [0.15, 0.2) is 0 Å². The maximum atomic E-state index is 11.0. The smallest absolute Gasteiger partial charge is 0.222 e. The summed E-state index contributed by atoms with van der Waals surface area (Å²) in [5.74, 6) is -0.0107. The highest BCUT2D eigenvalue weighted by Gasteiger charge is 2.34. The molecular weight excluding hydrogens is 190 g/mol. The monoisotopic (exact) mass is 213 g/mol. The van der Waals surface area contributed by atoms with Crippen molar-refractivity contribution in [3.63, 3.8) is 0 Å². The van der Waals surface area contributed by atoms with Gasteiger partial charge in [0, 0.05) is 12.8 Å². The van der Waals surface area contributed by atoms with Crippen LogP contribution >= 0.6 is 0 Å². The van der Waals surface area contributed by atoms with Gasteiger partial charge in [-0.05, 0) is 12.8 Å². The van der Waals surface area contributed by atoms with Crippen molar-refractivity contribution in [2.45, 2.75) is 70.4 Å². The first-order valence-electron chi connectivity index (χ1n) is 6.20. The molecule has 0 aliphatic carbocycles. The first kappa shape index (κ1) is 12.5. The Bertz CT molecular complexity index is 206. The normalized spacial score (nSPS) is 25.6. The van der Waals surface area contributed by atoms with E-state index in [1.54, 1.807) is 0 Å². The van der Waals surface area contributed by atoms with Crippen molar-refractivity contribution < 1.29 is 9.90 Å². The predicted molar refractivity (Wildman–Crippen MR) is 60.3 cm³/mol. The summed E-state index contributed by atoms with van der Waals surface area (Å²) in [6.07, 6.45) is 9.07. The van der Waals surface area contributed by atoms with Gasteiger partial charge in [-0.1, -0.05) is 39.0 Å². The van der Waals surface area contributed by atoms with Gasteiger partial charge in [0.1, 0.15) is 5.72 Å². The summed E-state index contributed by atoms with van der Waals surface area (Å²) in [6, 6.07) is 0. The molecule has 1 aliphatic rings. The maximum Gasteiger partial charge on any atom is 0.222 e. The van der Waals surface area contributed by atoms with Crippen molar-refractivity contribution in [3.05, 3.63) is 0 Å². The topological polar surface area (TPSA) is 49.3 Å². The molecule has 0 aromatic heterocycles. The molecule has 3 nitrogen and oxygen atoms in total. The predicted octanol–water partition coefficient (Wildman–Crippen LogP) is 2.34. The van der Waals surface area contributed by atoms with E-state index in [0.717, 1.165) is 12.8 Å². The summed E-state index contributed by atoms with van der Waals surface area (Å²) in [4.78, 5) is 11.0. The van der Waals surface area contributed by atoms with Gasteiger partial charge in [0.05, 0.1) is 0 Å². The van der Waals surface area contributed by atoms with Crippen LogP contribution in [-0.4, -0.2) is 16.7 Å². The Morgan fingerprint density at radius 2 is 1.93 bits per heavy atom. The van der Waals surface area contributed by atoms with Crippen molar-refractivity contribution in [2.75, 3.05) is 0 Å². The zero-order valence-electron chi connectivity index (χ0n) is 9.72. The van der Waals surface area contributed by atoms with E-state index in [-0.39, 0.29) is 5.91 Å². The second kappa shape index (κ2) is 6.11. The highest BCUT2D eigenvalue weighted by Crippen LogP contribution is 2.23. The number of unbranched alkanes of at least 4 members (excludes halogenated alkanes) is 5. The molecule has 0 saturated carbocycles. The van der Waals surface area contributed by atoms with E-state index in [2.05, 4.69) is 12.2 Å². The molecule has 0 bridgehead atoms. The number of amides is 1. The minimum absolute atomic E-state index is 0.0107. The molecule has 15 heavy (non-hydrogen) atoms. The molecule has 1 heterocycles. The van der Waals surface area contributed by atoms with Crippen molar-refractivity contribution in [2.24, 2.45) is 0 Å². The molecule has 1 amide bonds. The summed E-state index contributed by atoms with van der Waals surface area (Å²) in [6.45, 7) is 2.21. The summed E-state index contributed by atoms with van der Waals surface area (Å²) < 4.78 is 0. The number of carbonyl (C=O) groups excluding carboxylic acids is 1. The van der Waals surface area contributed by atoms with E-state index in [9.17, 15) is 9.90 Å². The van der Waals surface area contributed by atoms with Crippen LogP contribution < -0.4 is 5.32 Å². The lowest BCUT2D eigenvalue weighted by Crippen LogP contribution is -2.41. The zero-order valence-corrected chi connectivity index (χ0v) is 9.72. The summed E-state index contributed by atoms with van der Waals surface area (Å²) >= 11 is 0. The quantitative estimate of drug-likeness (QED) is 0.638. The first-order chi connectivity index (χ1) is 7.16. The van der Waals surface area contributed by atoms with E-state index >= 15 is 0 Å². The fourth-order valence-electron chi connectivity index (χ4n) is 2.09. The fourth-order valence-corrected chi connectivity index (χ4v) is 2.09. The molecule has 1 fully saturated rings. The number of aliphatic hydroxyl groups is 1. The van der Waals surface area contributed by atoms with Crippen molar-refractivity contribution in [1.29, 1.82) is 0 Å². The van der Waals surface area contributed by atoms with Gasteiger partial charge in [-0.15, -0.1) is 0 Å². The van der Waals surface area contributed by atoms with Gasteiger partial charge >= 0.3 is 0 Å². The number of carbonyl (C=O) groups is 1. The van der Waals surface area contributed by atoms with E-state index in [0.29, 0.717) is 19.3 Å². The van der Waals surface area contributed by atoms with Crippen molar-refractivity contribution in [1.82, 2.24) is 5.32 Å². The van der Waals surface area contributed by atoms with Crippen LogP contribution in [0.5, 0.6) is 0 Å². The first-order valence-corrected chi connectivity index (χ1v) is 6.20. The Morgan fingerprint density at radius 3 is 2.53 bits per heavy atom. The minimum Gasteiger partial charge on any atom is -0.371 e. The average molecular weight is 213 g/mol. The molecule has 1 atom stereocenters. The third kappa shape index (κ3) is 4.65. The van der Waals surface area contributed by atoms with Crippen LogP contribution in [0.1, 0.15) is 64.7 Å². The van der Waals surface area contributed by atoms with Crippen LogP contribution in [0.2, 0.25) is 0 Å². The van der Waals surface area contributed by atoms with Crippen molar-refractivity contribution >= 4 is 5.91 Å². The SMILES string of the molecule is CCCCCCCCC1(O)CCC(=O)N1. The van der Waals surface area contributed by atoms with Gasteiger partial charge in [-0.2, -0.15) is 0 Å². The number of hydrogen-bond acceptors (Lipinski definition) is 2. The lowest BCUT2D eigenvalue weighted by atomic mass is 10.0. The van der Waals surface area contributed by atoms with Gasteiger partial charge in [0.25, 0.3) is 0 Å². The molecular formula is C12H23NO2. The molecule has 3 heteroatoms. The maximum absolute atomic E-state index is 11.0. The molecule has 0 spiro atoms. The summed E-state index contributed by atoms with van der Waals surface area (Å²) in [5.41, 5.74) is -0.887. The van der Waals surface area contributed by atoms with E-state index < -0.39 is 5.72 Å². The molecule has 88 valence electrons. The third-order valence-corrected chi connectivity index (χ3v) is 3.08. The number of rotatable bonds is 7. The Balaban J connectivity index is 2.02. The Morgan fingerprint density at radius 1 is 1.27 bits per heavy atom. The van der Waals surface area contributed by atoms with E-state index in [1.807, 2.05) is 0 Å². The van der Waals surface area contributed by atoms with E-state index in [4.69, 9.17) is 0 Å². The summed E-state index contributed by atoms with van der Waals surface area (Å²) in [5, 5.41) is 12.6. The van der Waals surface area contributed by atoms with Crippen LogP contribution in [0.4, 0.5) is 0 Å². The standard InChI is InChI=1S/C12H23NO2/c1-2-3-4-5-6-7-9-12(15)10-8-11(14)13-12/h15H,2-10H2,1H3,(H,13,14). The van der Waals surface area contributed by atoms with Crippen LogP contribution in [0, 0.1) is 0 Å². The van der Waals surface area contributed by atoms with Crippen LogP contribution in [0.25, 0.3) is 0 Å². The Kier molecular flexibility index (Phi) is 5.09. The Hall–Kier alpha value is -0.570. The van der Waals surface area contributed by atoms with Gasteiger partial charge in [-0.3, -0.25) is 4.79 Å². The molecule has 1 rings (SSSR count). The molecule has 0 aromatic carbocycles. The lowest BCUT2D eigenvalue weighted by molar-refractivity contribution is -0.122. The largest absolute Gasteiger partial charge is 0.371 e. The number of nitrogens with one attached hydrogen (secondary N) is 1. The molecule has 1 saturated heterocycles. The molecule has 1 aliphatic heterocycles. The highest BCUT2D eigenvalue weighted by atomic mass is 16.3. The van der Waals surface area contributed by atoms with Gasteiger partial charge in [-0.25, -0.2) is 0 Å². The molecule has 1 unspecified atom stereocenters. The summed E-state index contributed by atoms with van der Waals surface area (Å²) in [7, 11) is 0. The fraction of sp³-hybridized carbons (Fsp3) is 0.917. The van der Waals surface area contributed by atoms with Gasteiger partial charge in [0.2, 0.25) is 5.91 Å². The zero-order chi connectivity index (χ0) is 11.1. The number of hydrogen-bond donors (Lipinski definition) is 2. The molecule has 2 N–H and O–H groups in total. The van der Waals surface area contributed by atoms with Crippen LogP contribution in [-0.2, 0) is 4.79 Å². The van der Waals surface area contributed by atoms with Crippen LogP contribution in [0.3, 0.4) is 0 Å². The van der Waals surface area contributed by atoms with Crippen molar-refractivity contribution in [3.8, 4) is 0 Å². The Labute approximate surface area is 92.3 Å². The highest BCUT2D eigenvalue weighted by molar-refractivity contribution is 5.78. The minimum atomic E-state index is -0.887. The van der Waals surface area contributed by atoms with Gasteiger partial charge < -0.3 is 10.4 Å². The lowest BCUT2D eigenvalue weighted by Gasteiger charge is -2.21.